The summed E-state index contributed by atoms with van der Waals surface area (Å²) in [6.45, 7) is 0.668. The Kier molecular flexibility index (Phi) is 5.57. The number of carbonyl (C=O) groups excluding carboxylic acids is 2. The standard InChI is InChI=1S/C25H32O5/c26-12-17-9-20(24(27)29-13-22-7-15-1-3-18(22)5-15)11-21(10-17)25(28)30-14-23-8-16-2-4-19(23)6-16/h9-11,15-16,18-19,22-23,26H,1-8,12-14H2. The highest BCUT2D eigenvalue weighted by atomic mass is 16.5. The Labute approximate surface area is 178 Å². The maximum Gasteiger partial charge on any atom is 0.338 e. The van der Waals surface area contributed by atoms with E-state index in [4.69, 9.17) is 9.47 Å². The van der Waals surface area contributed by atoms with Crippen molar-refractivity contribution in [3.05, 3.63) is 34.9 Å². The zero-order chi connectivity index (χ0) is 20.7. The molecule has 1 N–H and O–H groups in total. The maximum absolute atomic E-state index is 12.6. The summed E-state index contributed by atoms with van der Waals surface area (Å²) in [5, 5.41) is 9.59. The SMILES string of the molecule is O=C(OCC1CC2CCC1C2)c1cc(CO)cc(C(=O)OCC2CC3CCC2C3)c1. The van der Waals surface area contributed by atoms with Gasteiger partial charge in [-0.15, -0.1) is 0 Å². The van der Waals surface area contributed by atoms with Crippen LogP contribution in [0, 0.1) is 35.5 Å². The van der Waals surface area contributed by atoms with Crippen LogP contribution < -0.4 is 0 Å². The Bertz CT molecular complexity index is 756. The van der Waals surface area contributed by atoms with Crippen molar-refractivity contribution in [3.63, 3.8) is 0 Å². The van der Waals surface area contributed by atoms with Gasteiger partial charge in [0.15, 0.2) is 0 Å². The van der Waals surface area contributed by atoms with Crippen LogP contribution in [0.4, 0.5) is 0 Å². The molecule has 6 atom stereocenters. The highest BCUT2D eigenvalue weighted by Crippen LogP contribution is 2.49. The lowest BCUT2D eigenvalue weighted by Gasteiger charge is -2.21. The normalized spacial score (nSPS) is 33.8. The van der Waals surface area contributed by atoms with E-state index in [0.29, 0.717) is 53.6 Å². The summed E-state index contributed by atoms with van der Waals surface area (Å²) in [6.07, 6.45) is 10.0. The van der Waals surface area contributed by atoms with Crippen LogP contribution in [0.25, 0.3) is 0 Å². The zero-order valence-electron chi connectivity index (χ0n) is 17.6. The molecule has 4 aliphatic rings. The van der Waals surface area contributed by atoms with Crippen LogP contribution in [-0.4, -0.2) is 30.3 Å². The summed E-state index contributed by atoms with van der Waals surface area (Å²) in [7, 11) is 0. The minimum atomic E-state index is -0.421. The molecule has 0 saturated heterocycles. The first kappa shape index (κ1) is 20.0. The van der Waals surface area contributed by atoms with E-state index in [2.05, 4.69) is 0 Å². The molecule has 1 aromatic rings. The van der Waals surface area contributed by atoms with Gasteiger partial charge in [-0.05, 0) is 97.8 Å². The monoisotopic (exact) mass is 412 g/mol. The molecule has 0 spiro atoms. The van der Waals surface area contributed by atoms with Crippen molar-refractivity contribution in [1.82, 2.24) is 0 Å². The van der Waals surface area contributed by atoms with Gasteiger partial charge in [0.2, 0.25) is 0 Å². The topological polar surface area (TPSA) is 72.8 Å². The molecule has 0 amide bonds. The number of aliphatic hydroxyl groups is 1. The predicted octanol–water partition coefficient (Wildman–Crippen LogP) is 4.36. The van der Waals surface area contributed by atoms with Crippen LogP contribution >= 0.6 is 0 Å². The summed E-state index contributed by atoms with van der Waals surface area (Å²) in [4.78, 5) is 25.3. The Morgan fingerprint density at radius 3 is 1.63 bits per heavy atom. The molecule has 30 heavy (non-hydrogen) atoms. The van der Waals surface area contributed by atoms with E-state index >= 15 is 0 Å². The molecule has 162 valence electrons. The summed E-state index contributed by atoms with van der Waals surface area (Å²) >= 11 is 0. The highest BCUT2D eigenvalue weighted by Gasteiger charge is 2.41. The molecular formula is C25H32O5. The lowest BCUT2D eigenvalue weighted by molar-refractivity contribution is 0.0391. The van der Waals surface area contributed by atoms with Crippen LogP contribution in [-0.2, 0) is 16.1 Å². The number of rotatable bonds is 7. The summed E-state index contributed by atoms with van der Waals surface area (Å²) < 4.78 is 11.2. The molecule has 6 unspecified atom stereocenters. The van der Waals surface area contributed by atoms with E-state index in [-0.39, 0.29) is 6.61 Å². The average molecular weight is 413 g/mol. The third-order valence-electron chi connectivity index (χ3n) is 8.27. The van der Waals surface area contributed by atoms with Crippen molar-refractivity contribution in [2.75, 3.05) is 13.2 Å². The van der Waals surface area contributed by atoms with Gasteiger partial charge in [-0.1, -0.05) is 12.8 Å². The van der Waals surface area contributed by atoms with Crippen molar-refractivity contribution < 1.29 is 24.2 Å². The Morgan fingerprint density at radius 1 is 0.767 bits per heavy atom. The maximum atomic E-state index is 12.6. The molecular weight excluding hydrogens is 380 g/mol. The fraction of sp³-hybridized carbons (Fsp3) is 0.680. The van der Waals surface area contributed by atoms with Crippen LogP contribution in [0.1, 0.15) is 77.6 Å². The average Bonchev–Trinajstić information content (AvgIpc) is 3.57. The van der Waals surface area contributed by atoms with E-state index < -0.39 is 11.9 Å². The van der Waals surface area contributed by atoms with Gasteiger partial charge in [0.25, 0.3) is 0 Å². The number of benzene rings is 1. The van der Waals surface area contributed by atoms with E-state index in [1.807, 2.05) is 0 Å². The molecule has 5 heteroatoms. The van der Waals surface area contributed by atoms with E-state index in [9.17, 15) is 14.7 Å². The number of fused-ring (bicyclic) bond motifs is 4. The van der Waals surface area contributed by atoms with Gasteiger partial charge in [-0.2, -0.15) is 0 Å². The van der Waals surface area contributed by atoms with Gasteiger partial charge in [0.1, 0.15) is 0 Å². The number of hydrogen-bond acceptors (Lipinski definition) is 5. The molecule has 0 radical (unpaired) electrons. The van der Waals surface area contributed by atoms with E-state index in [0.717, 1.165) is 24.7 Å². The predicted molar refractivity (Wildman–Crippen MR) is 111 cm³/mol. The van der Waals surface area contributed by atoms with Crippen molar-refractivity contribution in [2.45, 2.75) is 58.0 Å². The van der Waals surface area contributed by atoms with Gasteiger partial charge in [0.05, 0.1) is 30.9 Å². The van der Waals surface area contributed by atoms with Gasteiger partial charge in [-0.3, -0.25) is 0 Å². The molecule has 5 nitrogen and oxygen atoms in total. The number of esters is 2. The first-order valence-electron chi connectivity index (χ1n) is 11.7. The molecule has 4 bridgehead atoms. The van der Waals surface area contributed by atoms with Crippen molar-refractivity contribution >= 4 is 11.9 Å². The van der Waals surface area contributed by atoms with E-state index in [1.165, 1.54) is 38.5 Å². The second kappa shape index (κ2) is 8.33. The second-order valence-electron chi connectivity index (χ2n) is 10.1. The van der Waals surface area contributed by atoms with Crippen LogP contribution in [0.15, 0.2) is 18.2 Å². The first-order valence-corrected chi connectivity index (χ1v) is 11.7. The first-order chi connectivity index (χ1) is 14.6. The fourth-order valence-corrected chi connectivity index (χ4v) is 6.71. The van der Waals surface area contributed by atoms with Gasteiger partial charge >= 0.3 is 11.9 Å². The second-order valence-corrected chi connectivity index (χ2v) is 10.1. The number of hydrogen-bond donors (Lipinski definition) is 1. The van der Waals surface area contributed by atoms with Crippen LogP contribution in [0.3, 0.4) is 0 Å². The fourth-order valence-electron chi connectivity index (χ4n) is 6.71. The number of aliphatic hydroxyl groups excluding tert-OH is 1. The largest absolute Gasteiger partial charge is 0.462 e. The van der Waals surface area contributed by atoms with Crippen molar-refractivity contribution in [1.29, 1.82) is 0 Å². The quantitative estimate of drug-likeness (QED) is 0.674. The Morgan fingerprint density at radius 2 is 1.27 bits per heavy atom. The minimum absolute atomic E-state index is 0.236. The molecule has 4 saturated carbocycles. The molecule has 0 aliphatic heterocycles. The minimum Gasteiger partial charge on any atom is -0.462 e. The summed E-state index contributed by atoms with van der Waals surface area (Å²) in [5.74, 6) is 3.12. The van der Waals surface area contributed by atoms with Gasteiger partial charge < -0.3 is 14.6 Å². The van der Waals surface area contributed by atoms with E-state index in [1.54, 1.807) is 18.2 Å². The third-order valence-corrected chi connectivity index (χ3v) is 8.27. The third kappa shape index (κ3) is 4.01. The molecule has 0 heterocycles. The van der Waals surface area contributed by atoms with Crippen molar-refractivity contribution in [3.8, 4) is 0 Å². The zero-order valence-corrected chi connectivity index (χ0v) is 17.6. The highest BCUT2D eigenvalue weighted by molar-refractivity contribution is 5.95. The molecule has 4 fully saturated rings. The number of carbonyl (C=O) groups is 2. The number of ether oxygens (including phenoxy) is 2. The smallest absolute Gasteiger partial charge is 0.338 e. The summed E-state index contributed by atoms with van der Waals surface area (Å²) in [6, 6.07) is 4.76. The van der Waals surface area contributed by atoms with Crippen molar-refractivity contribution in [2.24, 2.45) is 35.5 Å². The molecule has 5 rings (SSSR count). The lowest BCUT2D eigenvalue weighted by Crippen LogP contribution is -2.21. The molecule has 0 aromatic heterocycles. The van der Waals surface area contributed by atoms with Crippen LogP contribution in [0.5, 0.6) is 0 Å². The van der Waals surface area contributed by atoms with Gasteiger partial charge in [0, 0.05) is 0 Å². The molecule has 4 aliphatic carbocycles. The van der Waals surface area contributed by atoms with Gasteiger partial charge in [-0.25, -0.2) is 9.59 Å². The summed E-state index contributed by atoms with van der Waals surface area (Å²) in [5.41, 5.74) is 1.16. The van der Waals surface area contributed by atoms with Crippen LogP contribution in [0.2, 0.25) is 0 Å². The Hall–Kier alpha value is -1.88. The Balaban J connectivity index is 1.20. The lowest BCUT2D eigenvalue weighted by atomic mass is 9.89. The molecule has 1 aromatic carbocycles.